The number of carbonyl (C=O) groups excluding carboxylic acids is 1. The zero-order chi connectivity index (χ0) is 18.0. The van der Waals surface area contributed by atoms with Crippen molar-refractivity contribution in [3.05, 3.63) is 65.7 Å². The van der Waals surface area contributed by atoms with Crippen LogP contribution in [0.15, 0.2) is 54.6 Å². The van der Waals surface area contributed by atoms with Crippen LogP contribution in [0.25, 0.3) is 6.08 Å². The molecule has 1 amide bonds. The number of anilines is 1. The molecule has 0 N–H and O–H groups in total. The number of amides is 1. The van der Waals surface area contributed by atoms with Gasteiger partial charge in [-0.05, 0) is 50.1 Å². The number of methoxy groups -OCH3 is 1. The summed E-state index contributed by atoms with van der Waals surface area (Å²) >= 11 is 0. The molecular formula is C21H23NO3. The van der Waals surface area contributed by atoms with Crippen molar-refractivity contribution >= 4 is 17.9 Å². The van der Waals surface area contributed by atoms with Gasteiger partial charge in [0.25, 0.3) is 0 Å². The molecule has 0 saturated carbocycles. The van der Waals surface area contributed by atoms with Gasteiger partial charge in [0.1, 0.15) is 11.4 Å². The van der Waals surface area contributed by atoms with E-state index in [-0.39, 0.29) is 12.1 Å². The summed E-state index contributed by atoms with van der Waals surface area (Å²) in [6.07, 6.45) is 3.71. The fraction of sp³-hybridized carbons (Fsp3) is 0.286. The van der Waals surface area contributed by atoms with Crippen LogP contribution in [-0.2, 0) is 4.74 Å². The minimum absolute atomic E-state index is 0.226. The first-order chi connectivity index (χ1) is 11.9. The zero-order valence-corrected chi connectivity index (χ0v) is 15.0. The maximum atomic E-state index is 12.9. The molecule has 1 aliphatic rings. The fourth-order valence-electron chi connectivity index (χ4n) is 2.86. The lowest BCUT2D eigenvalue weighted by molar-refractivity contribution is 0.0571. The van der Waals surface area contributed by atoms with Crippen LogP contribution in [0, 0.1) is 0 Å². The van der Waals surface area contributed by atoms with Crippen LogP contribution in [0.1, 0.15) is 37.9 Å². The molecule has 1 heterocycles. The highest BCUT2D eigenvalue weighted by Crippen LogP contribution is 2.37. The first-order valence-electron chi connectivity index (χ1n) is 8.32. The Morgan fingerprint density at radius 3 is 2.36 bits per heavy atom. The van der Waals surface area contributed by atoms with Gasteiger partial charge in [-0.2, -0.15) is 0 Å². The van der Waals surface area contributed by atoms with Crippen molar-refractivity contribution in [2.24, 2.45) is 0 Å². The van der Waals surface area contributed by atoms with Gasteiger partial charge >= 0.3 is 6.09 Å². The predicted molar refractivity (Wildman–Crippen MR) is 99.9 cm³/mol. The van der Waals surface area contributed by atoms with E-state index in [0.717, 1.165) is 22.6 Å². The lowest BCUT2D eigenvalue weighted by atomic mass is 9.97. The molecule has 0 bridgehead atoms. The number of fused-ring (bicyclic) bond motifs is 1. The molecule has 4 nitrogen and oxygen atoms in total. The summed E-state index contributed by atoms with van der Waals surface area (Å²) in [7, 11) is 1.64. The quantitative estimate of drug-likeness (QED) is 0.755. The Morgan fingerprint density at radius 1 is 1.04 bits per heavy atom. The normalized spacial score (nSPS) is 16.3. The summed E-state index contributed by atoms with van der Waals surface area (Å²) in [5.41, 5.74) is 2.29. The zero-order valence-electron chi connectivity index (χ0n) is 15.0. The average Bonchev–Trinajstić information content (AvgIpc) is 2.59. The monoisotopic (exact) mass is 337 g/mol. The third-order valence-electron chi connectivity index (χ3n) is 3.98. The van der Waals surface area contributed by atoms with Gasteiger partial charge < -0.3 is 9.47 Å². The third kappa shape index (κ3) is 3.68. The summed E-state index contributed by atoms with van der Waals surface area (Å²) in [5, 5.41) is 0. The van der Waals surface area contributed by atoms with Crippen LogP contribution >= 0.6 is 0 Å². The van der Waals surface area contributed by atoms with Crippen LogP contribution in [0.3, 0.4) is 0 Å². The Balaban J connectivity index is 2.02. The Bertz CT molecular complexity index is 788. The molecule has 2 aromatic carbocycles. The number of carbonyl (C=O) groups is 1. The molecule has 2 aromatic rings. The van der Waals surface area contributed by atoms with Gasteiger partial charge in [-0.25, -0.2) is 4.79 Å². The van der Waals surface area contributed by atoms with Crippen molar-refractivity contribution in [1.29, 1.82) is 0 Å². The highest BCUT2D eigenvalue weighted by atomic mass is 16.6. The molecule has 0 fully saturated rings. The van der Waals surface area contributed by atoms with Crippen molar-refractivity contribution in [2.75, 3.05) is 12.0 Å². The maximum absolute atomic E-state index is 12.9. The van der Waals surface area contributed by atoms with Crippen LogP contribution in [-0.4, -0.2) is 18.8 Å². The molecule has 0 aliphatic carbocycles. The molecule has 3 rings (SSSR count). The second-order valence-corrected chi connectivity index (χ2v) is 6.99. The molecule has 1 unspecified atom stereocenters. The molecule has 25 heavy (non-hydrogen) atoms. The summed E-state index contributed by atoms with van der Waals surface area (Å²) in [6.45, 7) is 5.62. The first-order valence-corrected chi connectivity index (χ1v) is 8.32. The Labute approximate surface area is 148 Å². The average molecular weight is 337 g/mol. The highest BCUT2D eigenvalue weighted by Gasteiger charge is 2.32. The molecule has 130 valence electrons. The maximum Gasteiger partial charge on any atom is 0.415 e. The van der Waals surface area contributed by atoms with E-state index in [1.807, 2.05) is 81.5 Å². The Morgan fingerprint density at radius 2 is 1.72 bits per heavy atom. The van der Waals surface area contributed by atoms with Crippen LogP contribution in [0.2, 0.25) is 0 Å². The van der Waals surface area contributed by atoms with E-state index >= 15 is 0 Å². The van der Waals surface area contributed by atoms with Crippen molar-refractivity contribution in [3.8, 4) is 5.75 Å². The van der Waals surface area contributed by atoms with Gasteiger partial charge in [0, 0.05) is 0 Å². The van der Waals surface area contributed by atoms with E-state index < -0.39 is 5.60 Å². The number of nitrogens with zero attached hydrogens (tertiary/aromatic N) is 1. The Hall–Kier alpha value is -2.75. The number of hydrogen-bond acceptors (Lipinski definition) is 3. The molecule has 4 heteroatoms. The molecule has 1 aliphatic heterocycles. The predicted octanol–water partition coefficient (Wildman–Crippen LogP) is 5.20. The largest absolute Gasteiger partial charge is 0.497 e. The van der Waals surface area contributed by atoms with Crippen LogP contribution < -0.4 is 9.64 Å². The van der Waals surface area contributed by atoms with Gasteiger partial charge in [0.05, 0.1) is 18.8 Å². The van der Waals surface area contributed by atoms with E-state index in [9.17, 15) is 4.79 Å². The van der Waals surface area contributed by atoms with Gasteiger partial charge in [0.15, 0.2) is 0 Å². The van der Waals surface area contributed by atoms with E-state index in [1.54, 1.807) is 12.0 Å². The number of hydrogen-bond donors (Lipinski definition) is 0. The minimum Gasteiger partial charge on any atom is -0.497 e. The van der Waals surface area contributed by atoms with Gasteiger partial charge in [0.2, 0.25) is 0 Å². The number of benzene rings is 2. The van der Waals surface area contributed by atoms with Crippen molar-refractivity contribution in [3.63, 3.8) is 0 Å². The standard InChI is InChI=1S/C21H23NO3/c1-21(2,3)25-20(23)22-18-8-6-5-7-15(18)11-14-19(22)16-9-12-17(24-4)13-10-16/h5-14,19H,1-4H3. The lowest BCUT2D eigenvalue weighted by Gasteiger charge is -2.35. The molecule has 0 aromatic heterocycles. The van der Waals surface area contributed by atoms with E-state index in [4.69, 9.17) is 9.47 Å². The third-order valence-corrected chi connectivity index (χ3v) is 3.98. The SMILES string of the molecule is COc1ccc(C2C=Cc3ccccc3N2C(=O)OC(C)(C)C)cc1. The molecule has 0 saturated heterocycles. The summed E-state index contributed by atoms with van der Waals surface area (Å²) in [4.78, 5) is 14.6. The second-order valence-electron chi connectivity index (χ2n) is 6.99. The number of ether oxygens (including phenoxy) is 2. The van der Waals surface area contributed by atoms with Gasteiger partial charge in [-0.15, -0.1) is 0 Å². The van der Waals surface area contributed by atoms with Crippen molar-refractivity contribution < 1.29 is 14.3 Å². The van der Waals surface area contributed by atoms with Gasteiger partial charge in [-0.1, -0.05) is 42.5 Å². The molecule has 0 radical (unpaired) electrons. The van der Waals surface area contributed by atoms with Gasteiger partial charge in [-0.3, -0.25) is 4.90 Å². The summed E-state index contributed by atoms with van der Waals surface area (Å²) in [5.74, 6) is 0.785. The number of rotatable bonds is 2. The minimum atomic E-state index is -0.558. The van der Waals surface area contributed by atoms with Crippen molar-refractivity contribution in [2.45, 2.75) is 32.4 Å². The molecular weight excluding hydrogens is 314 g/mol. The Kier molecular flexibility index (Phi) is 4.53. The lowest BCUT2D eigenvalue weighted by Crippen LogP contribution is -2.40. The topological polar surface area (TPSA) is 38.8 Å². The smallest absolute Gasteiger partial charge is 0.415 e. The fourth-order valence-corrected chi connectivity index (χ4v) is 2.86. The van der Waals surface area contributed by atoms with E-state index in [1.165, 1.54) is 0 Å². The van der Waals surface area contributed by atoms with Crippen molar-refractivity contribution in [1.82, 2.24) is 0 Å². The number of para-hydroxylation sites is 1. The van der Waals surface area contributed by atoms with Crippen LogP contribution in [0.4, 0.5) is 10.5 Å². The van der Waals surface area contributed by atoms with Crippen LogP contribution in [0.5, 0.6) is 5.75 Å². The highest BCUT2D eigenvalue weighted by molar-refractivity contribution is 5.94. The van der Waals surface area contributed by atoms with E-state index in [2.05, 4.69) is 0 Å². The second kappa shape index (κ2) is 6.63. The first kappa shape index (κ1) is 17.1. The summed E-state index contributed by atoms with van der Waals surface area (Å²) in [6, 6.07) is 15.3. The molecule has 1 atom stereocenters. The van der Waals surface area contributed by atoms with E-state index in [0.29, 0.717) is 0 Å². The molecule has 0 spiro atoms. The summed E-state index contributed by atoms with van der Waals surface area (Å²) < 4.78 is 10.9.